The summed E-state index contributed by atoms with van der Waals surface area (Å²) < 4.78 is 2.24. The quantitative estimate of drug-likeness (QED) is 0.734. The van der Waals surface area contributed by atoms with Gasteiger partial charge < -0.3 is 4.40 Å². The highest BCUT2D eigenvalue weighted by Crippen LogP contribution is 2.25. The second-order valence-corrected chi connectivity index (χ2v) is 7.40. The summed E-state index contributed by atoms with van der Waals surface area (Å²) in [5.41, 5.74) is 2.94. The zero-order valence-electron chi connectivity index (χ0n) is 12.4. The van der Waals surface area contributed by atoms with Gasteiger partial charge in [0.2, 0.25) is 0 Å². The smallest absolute Gasteiger partial charge is 0.118 e. The molecule has 2 aromatic rings. The molecule has 0 aromatic carbocycles. The molecule has 0 spiro atoms. The first-order valence-electron chi connectivity index (χ1n) is 6.63. The molecule has 2 aromatic heterocycles. The number of imidazole rings is 1. The minimum Gasteiger partial charge on any atom is -0.303 e. The van der Waals surface area contributed by atoms with Crippen LogP contribution < -0.4 is 0 Å². The van der Waals surface area contributed by atoms with Gasteiger partial charge in [-0.25, -0.2) is 4.98 Å². The summed E-state index contributed by atoms with van der Waals surface area (Å²) in [6.07, 6.45) is 5.29. The van der Waals surface area contributed by atoms with Crippen molar-refractivity contribution in [1.82, 2.24) is 9.38 Å². The van der Waals surface area contributed by atoms with Crippen LogP contribution >= 0.6 is 0 Å². The van der Waals surface area contributed by atoms with Crippen LogP contribution in [0.25, 0.3) is 5.52 Å². The SMILES string of the molecule is CC(C)(C)Cc1ccc2cnc(C(C)(C)C)n2c1. The van der Waals surface area contributed by atoms with Crippen LogP contribution in [0.15, 0.2) is 24.5 Å². The molecule has 0 amide bonds. The summed E-state index contributed by atoms with van der Waals surface area (Å²) in [5, 5.41) is 0. The molecule has 0 saturated heterocycles. The van der Waals surface area contributed by atoms with Crippen molar-refractivity contribution in [2.24, 2.45) is 5.41 Å². The maximum Gasteiger partial charge on any atom is 0.118 e. The van der Waals surface area contributed by atoms with Crippen molar-refractivity contribution in [3.8, 4) is 0 Å². The number of fused-ring (bicyclic) bond motifs is 1. The molecule has 0 unspecified atom stereocenters. The lowest BCUT2D eigenvalue weighted by molar-refractivity contribution is 0.410. The van der Waals surface area contributed by atoms with Crippen molar-refractivity contribution in [3.63, 3.8) is 0 Å². The van der Waals surface area contributed by atoms with Gasteiger partial charge in [0.05, 0.1) is 11.7 Å². The van der Waals surface area contributed by atoms with Gasteiger partial charge in [0.15, 0.2) is 0 Å². The summed E-state index contributed by atoms with van der Waals surface area (Å²) in [5.74, 6) is 1.13. The van der Waals surface area contributed by atoms with Crippen LogP contribution in [0.1, 0.15) is 52.9 Å². The lowest BCUT2D eigenvalue weighted by Gasteiger charge is -2.20. The maximum atomic E-state index is 4.57. The molecule has 2 heterocycles. The molecular weight excluding hydrogens is 220 g/mol. The Kier molecular flexibility index (Phi) is 3.00. The van der Waals surface area contributed by atoms with Crippen molar-refractivity contribution in [2.45, 2.75) is 53.4 Å². The summed E-state index contributed by atoms with van der Waals surface area (Å²) in [6.45, 7) is 13.4. The van der Waals surface area contributed by atoms with Gasteiger partial charge in [-0.05, 0) is 23.5 Å². The fraction of sp³-hybridized carbons (Fsp3) is 0.562. The molecule has 0 saturated carbocycles. The Labute approximate surface area is 110 Å². The molecule has 0 aliphatic rings. The van der Waals surface area contributed by atoms with Crippen LogP contribution in [0.2, 0.25) is 0 Å². The molecule has 0 N–H and O–H groups in total. The Balaban J connectivity index is 2.49. The number of hydrogen-bond donors (Lipinski definition) is 0. The highest BCUT2D eigenvalue weighted by molar-refractivity contribution is 5.48. The van der Waals surface area contributed by atoms with Crippen LogP contribution in [0.5, 0.6) is 0 Å². The molecule has 0 fully saturated rings. The maximum absolute atomic E-state index is 4.57. The molecule has 98 valence electrons. The van der Waals surface area contributed by atoms with E-state index in [0.717, 1.165) is 12.2 Å². The lowest BCUT2D eigenvalue weighted by atomic mass is 9.89. The van der Waals surface area contributed by atoms with E-state index in [-0.39, 0.29) is 5.41 Å². The molecule has 2 rings (SSSR count). The molecule has 0 aliphatic carbocycles. The van der Waals surface area contributed by atoms with E-state index < -0.39 is 0 Å². The number of rotatable bonds is 1. The van der Waals surface area contributed by atoms with E-state index in [9.17, 15) is 0 Å². The third-order valence-electron chi connectivity index (χ3n) is 2.99. The van der Waals surface area contributed by atoms with E-state index in [2.05, 4.69) is 69.3 Å². The van der Waals surface area contributed by atoms with Gasteiger partial charge in [-0.3, -0.25) is 0 Å². The van der Waals surface area contributed by atoms with Gasteiger partial charge in [0, 0.05) is 11.6 Å². The Morgan fingerprint density at radius 3 is 2.28 bits per heavy atom. The lowest BCUT2D eigenvalue weighted by Crippen LogP contribution is -2.16. The number of pyridine rings is 1. The summed E-state index contributed by atoms with van der Waals surface area (Å²) in [6, 6.07) is 4.39. The van der Waals surface area contributed by atoms with Crippen LogP contribution in [0.3, 0.4) is 0 Å². The first-order valence-corrected chi connectivity index (χ1v) is 6.63. The van der Waals surface area contributed by atoms with Crippen molar-refractivity contribution >= 4 is 5.52 Å². The Morgan fingerprint density at radius 1 is 1.06 bits per heavy atom. The molecular formula is C16H24N2. The van der Waals surface area contributed by atoms with Crippen LogP contribution in [0, 0.1) is 5.41 Å². The minimum atomic E-state index is 0.0762. The predicted octanol–water partition coefficient (Wildman–Crippen LogP) is 4.22. The van der Waals surface area contributed by atoms with Gasteiger partial charge in [0.1, 0.15) is 5.82 Å². The molecule has 0 aliphatic heterocycles. The molecule has 0 atom stereocenters. The topological polar surface area (TPSA) is 17.3 Å². The second kappa shape index (κ2) is 4.11. The molecule has 0 bridgehead atoms. The van der Waals surface area contributed by atoms with Crippen LogP contribution in [-0.2, 0) is 11.8 Å². The highest BCUT2D eigenvalue weighted by Gasteiger charge is 2.20. The standard InChI is InChI=1S/C16H24N2/c1-15(2,3)9-12-7-8-13-10-17-14(16(4,5)6)18(13)11-12/h7-8,10-11H,9H2,1-6H3. The third kappa shape index (κ3) is 2.74. The zero-order valence-corrected chi connectivity index (χ0v) is 12.4. The Hall–Kier alpha value is -1.31. The molecule has 0 radical (unpaired) electrons. The predicted molar refractivity (Wildman–Crippen MR) is 77.1 cm³/mol. The summed E-state index contributed by atoms with van der Waals surface area (Å²) in [4.78, 5) is 4.57. The van der Waals surface area contributed by atoms with Gasteiger partial charge in [-0.2, -0.15) is 0 Å². The van der Waals surface area contributed by atoms with E-state index >= 15 is 0 Å². The summed E-state index contributed by atoms with van der Waals surface area (Å²) >= 11 is 0. The average molecular weight is 244 g/mol. The second-order valence-electron chi connectivity index (χ2n) is 7.40. The Morgan fingerprint density at radius 2 is 1.72 bits per heavy atom. The molecule has 2 nitrogen and oxygen atoms in total. The fourth-order valence-corrected chi connectivity index (χ4v) is 2.31. The van der Waals surface area contributed by atoms with Gasteiger partial charge >= 0.3 is 0 Å². The van der Waals surface area contributed by atoms with E-state index in [1.54, 1.807) is 0 Å². The average Bonchev–Trinajstić information content (AvgIpc) is 2.56. The van der Waals surface area contributed by atoms with Crippen molar-refractivity contribution in [3.05, 3.63) is 35.9 Å². The summed E-state index contributed by atoms with van der Waals surface area (Å²) in [7, 11) is 0. The normalized spacial score (nSPS) is 13.2. The molecule has 2 heteroatoms. The first-order chi connectivity index (χ1) is 8.17. The van der Waals surface area contributed by atoms with E-state index in [0.29, 0.717) is 5.41 Å². The van der Waals surface area contributed by atoms with Gasteiger partial charge in [-0.15, -0.1) is 0 Å². The van der Waals surface area contributed by atoms with E-state index in [1.165, 1.54) is 11.1 Å². The van der Waals surface area contributed by atoms with Crippen molar-refractivity contribution in [1.29, 1.82) is 0 Å². The van der Waals surface area contributed by atoms with E-state index in [1.807, 2.05) is 6.20 Å². The number of aromatic nitrogens is 2. The first kappa shape index (κ1) is 13.1. The largest absolute Gasteiger partial charge is 0.303 e. The van der Waals surface area contributed by atoms with E-state index in [4.69, 9.17) is 0 Å². The zero-order chi connectivity index (χ0) is 13.6. The van der Waals surface area contributed by atoms with Crippen LogP contribution in [-0.4, -0.2) is 9.38 Å². The van der Waals surface area contributed by atoms with Gasteiger partial charge in [-0.1, -0.05) is 47.6 Å². The number of nitrogens with zero attached hydrogens (tertiary/aromatic N) is 2. The fourth-order valence-electron chi connectivity index (χ4n) is 2.31. The monoisotopic (exact) mass is 244 g/mol. The van der Waals surface area contributed by atoms with Crippen LogP contribution in [0.4, 0.5) is 0 Å². The van der Waals surface area contributed by atoms with Crippen molar-refractivity contribution < 1.29 is 0 Å². The molecule has 18 heavy (non-hydrogen) atoms. The number of hydrogen-bond acceptors (Lipinski definition) is 1. The van der Waals surface area contributed by atoms with Crippen molar-refractivity contribution in [2.75, 3.05) is 0 Å². The van der Waals surface area contributed by atoms with Gasteiger partial charge in [0.25, 0.3) is 0 Å². The Bertz CT molecular complexity index is 550. The third-order valence-corrected chi connectivity index (χ3v) is 2.99. The highest BCUT2D eigenvalue weighted by atomic mass is 15.0. The minimum absolute atomic E-state index is 0.0762.